The minimum atomic E-state index is 0.245. The number of halogens is 4. The first kappa shape index (κ1) is 13.0. The van der Waals surface area contributed by atoms with Crippen LogP contribution in [0.1, 0.15) is 0 Å². The van der Waals surface area contributed by atoms with Gasteiger partial charge in [-0.3, -0.25) is 0 Å². The Kier molecular flexibility index (Phi) is 4.24. The summed E-state index contributed by atoms with van der Waals surface area (Å²) >= 11 is 23.8. The van der Waals surface area contributed by atoms with Crippen LogP contribution in [0.25, 0.3) is 0 Å². The highest BCUT2D eigenvalue weighted by molar-refractivity contribution is 6.55. The van der Waals surface area contributed by atoms with Gasteiger partial charge >= 0.3 is 0 Å². The second-order valence-electron chi connectivity index (χ2n) is 3.03. The molecule has 2 nitrogen and oxygen atoms in total. The summed E-state index contributed by atoms with van der Waals surface area (Å²) in [5.74, 6) is 0.513. The lowest BCUT2D eigenvalue weighted by Crippen LogP contribution is -2.15. The molecule has 84 valence electrons. The average molecular weight is 289 g/mol. The Bertz CT molecular complexity index is 356. The maximum absolute atomic E-state index is 6.01. The molecule has 0 aromatic rings. The number of hydrogen-bond acceptors (Lipinski definition) is 2. The minimum Gasteiger partial charge on any atom is -0.482 e. The van der Waals surface area contributed by atoms with Gasteiger partial charge < -0.3 is 9.64 Å². The fraction of sp³-hybridized carbons (Fsp3) is 0.333. The zero-order chi connectivity index (χ0) is 11.7. The molecule has 0 N–H and O–H groups in total. The summed E-state index contributed by atoms with van der Waals surface area (Å²) in [6.07, 6.45) is 0. The highest BCUT2D eigenvalue weighted by Gasteiger charge is 2.29. The van der Waals surface area contributed by atoms with Crippen LogP contribution in [-0.2, 0) is 4.74 Å². The molecule has 0 saturated heterocycles. The Hall–Kier alpha value is -0.0200. The van der Waals surface area contributed by atoms with Crippen molar-refractivity contribution in [1.29, 1.82) is 0 Å². The Morgan fingerprint density at radius 2 is 1.33 bits per heavy atom. The normalized spacial score (nSPS) is 16.3. The number of ether oxygens (including phenoxy) is 1. The zero-order valence-corrected chi connectivity index (χ0v) is 11.4. The van der Waals surface area contributed by atoms with Crippen LogP contribution < -0.4 is 0 Å². The van der Waals surface area contributed by atoms with Gasteiger partial charge in [0, 0.05) is 14.1 Å². The fourth-order valence-electron chi connectivity index (χ4n) is 1.20. The second-order valence-corrected chi connectivity index (χ2v) is 4.55. The van der Waals surface area contributed by atoms with E-state index in [0.717, 1.165) is 0 Å². The molecule has 0 saturated carbocycles. The van der Waals surface area contributed by atoms with Crippen LogP contribution in [0.15, 0.2) is 31.6 Å². The topological polar surface area (TPSA) is 12.5 Å². The molecule has 0 spiro atoms. The molecule has 0 fully saturated rings. The third kappa shape index (κ3) is 2.23. The first-order valence-corrected chi connectivity index (χ1v) is 5.50. The van der Waals surface area contributed by atoms with Crippen molar-refractivity contribution in [2.75, 3.05) is 21.2 Å². The van der Waals surface area contributed by atoms with Gasteiger partial charge in [-0.25, -0.2) is 0 Å². The molecular weight excluding hydrogens is 280 g/mol. The molecule has 0 amide bonds. The van der Waals surface area contributed by atoms with Crippen LogP contribution in [0.2, 0.25) is 0 Å². The standard InChI is InChI=1S/C9H9Cl4NO/c1-14(2)9(15-3)4-5(10)7(12)8(13)6(4)11/h1-3H3. The van der Waals surface area contributed by atoms with E-state index in [1.165, 1.54) is 7.11 Å². The number of methoxy groups -OCH3 is 1. The quantitative estimate of drug-likeness (QED) is 0.717. The van der Waals surface area contributed by atoms with Gasteiger partial charge in [0.1, 0.15) is 0 Å². The van der Waals surface area contributed by atoms with Gasteiger partial charge in [-0.15, -0.1) is 0 Å². The van der Waals surface area contributed by atoms with Crippen molar-refractivity contribution in [2.45, 2.75) is 0 Å². The van der Waals surface area contributed by atoms with E-state index in [2.05, 4.69) is 0 Å². The van der Waals surface area contributed by atoms with Gasteiger partial charge in [0.2, 0.25) is 0 Å². The van der Waals surface area contributed by atoms with Crippen molar-refractivity contribution in [1.82, 2.24) is 4.90 Å². The zero-order valence-electron chi connectivity index (χ0n) is 8.37. The molecule has 15 heavy (non-hydrogen) atoms. The minimum absolute atomic E-state index is 0.245. The Morgan fingerprint density at radius 3 is 1.60 bits per heavy atom. The van der Waals surface area contributed by atoms with Crippen LogP contribution in [0.4, 0.5) is 0 Å². The molecule has 0 radical (unpaired) electrons. The number of nitrogens with zero attached hydrogens (tertiary/aromatic N) is 1. The van der Waals surface area contributed by atoms with Crippen molar-refractivity contribution in [3.63, 3.8) is 0 Å². The Balaban J connectivity index is 3.40. The lowest BCUT2D eigenvalue weighted by molar-refractivity contribution is 0.191. The van der Waals surface area contributed by atoms with Crippen molar-refractivity contribution in [3.05, 3.63) is 31.6 Å². The van der Waals surface area contributed by atoms with Crippen LogP contribution in [0, 0.1) is 0 Å². The molecule has 0 unspecified atom stereocenters. The SMILES string of the molecule is COC(=C1C(Cl)=C(Cl)C(Cl)=C1Cl)N(C)C. The molecule has 0 atom stereocenters. The van der Waals surface area contributed by atoms with Gasteiger partial charge in [-0.05, 0) is 0 Å². The monoisotopic (exact) mass is 287 g/mol. The lowest BCUT2D eigenvalue weighted by Gasteiger charge is -2.18. The highest BCUT2D eigenvalue weighted by atomic mass is 35.5. The third-order valence-corrected chi connectivity index (χ3v) is 3.63. The van der Waals surface area contributed by atoms with Gasteiger partial charge in [-0.2, -0.15) is 0 Å². The van der Waals surface area contributed by atoms with Gasteiger partial charge in [0.25, 0.3) is 0 Å². The number of allylic oxidation sites excluding steroid dienone is 5. The lowest BCUT2D eigenvalue weighted by atomic mass is 10.3. The van der Waals surface area contributed by atoms with E-state index in [4.69, 9.17) is 51.1 Å². The number of rotatable bonds is 2. The third-order valence-electron chi connectivity index (χ3n) is 1.83. The van der Waals surface area contributed by atoms with Crippen molar-refractivity contribution in [2.24, 2.45) is 0 Å². The average Bonchev–Trinajstić information content (AvgIpc) is 2.36. The van der Waals surface area contributed by atoms with E-state index < -0.39 is 0 Å². The van der Waals surface area contributed by atoms with Crippen molar-refractivity contribution >= 4 is 46.4 Å². The summed E-state index contributed by atoms with van der Waals surface area (Å²) in [5.41, 5.74) is 0.515. The Labute approximate surface area is 109 Å². The predicted octanol–water partition coefficient (Wildman–Crippen LogP) is 3.80. The molecule has 1 aliphatic rings. The molecule has 0 aromatic heterocycles. The molecule has 1 rings (SSSR count). The Morgan fingerprint density at radius 1 is 0.933 bits per heavy atom. The van der Waals surface area contributed by atoms with Crippen LogP contribution >= 0.6 is 46.4 Å². The molecule has 0 aromatic carbocycles. The first-order chi connectivity index (χ1) is 6.91. The highest BCUT2D eigenvalue weighted by Crippen LogP contribution is 2.46. The fourth-order valence-corrected chi connectivity index (χ4v) is 2.27. The largest absolute Gasteiger partial charge is 0.482 e. The summed E-state index contributed by atoms with van der Waals surface area (Å²) in [6, 6.07) is 0. The van der Waals surface area contributed by atoms with Crippen molar-refractivity contribution in [3.8, 4) is 0 Å². The van der Waals surface area contributed by atoms with E-state index in [0.29, 0.717) is 21.5 Å². The van der Waals surface area contributed by atoms with Crippen LogP contribution in [-0.4, -0.2) is 26.1 Å². The van der Waals surface area contributed by atoms with Crippen molar-refractivity contribution < 1.29 is 4.74 Å². The maximum atomic E-state index is 6.01. The second kappa shape index (κ2) is 4.88. The van der Waals surface area contributed by atoms with E-state index in [9.17, 15) is 0 Å². The summed E-state index contributed by atoms with van der Waals surface area (Å²) in [4.78, 5) is 1.74. The molecule has 1 aliphatic carbocycles. The number of hydrogen-bond donors (Lipinski definition) is 0. The molecular formula is C9H9Cl4NO. The van der Waals surface area contributed by atoms with Gasteiger partial charge in [0.15, 0.2) is 5.88 Å². The van der Waals surface area contributed by atoms with E-state index >= 15 is 0 Å². The first-order valence-electron chi connectivity index (χ1n) is 3.99. The molecule has 0 aliphatic heterocycles. The molecule has 0 bridgehead atoms. The van der Waals surface area contributed by atoms with Crippen LogP contribution in [0.3, 0.4) is 0 Å². The summed E-state index contributed by atoms with van der Waals surface area (Å²) in [7, 11) is 5.14. The van der Waals surface area contributed by atoms with Gasteiger partial charge in [0.05, 0.1) is 32.8 Å². The van der Waals surface area contributed by atoms with E-state index in [-0.39, 0.29) is 10.1 Å². The van der Waals surface area contributed by atoms with E-state index in [1.807, 2.05) is 0 Å². The summed E-state index contributed by atoms with van der Waals surface area (Å²) < 4.78 is 5.18. The summed E-state index contributed by atoms with van der Waals surface area (Å²) in [6.45, 7) is 0. The predicted molar refractivity (Wildman–Crippen MR) is 65.2 cm³/mol. The molecule has 6 heteroatoms. The molecule has 0 heterocycles. The maximum Gasteiger partial charge on any atom is 0.199 e. The summed E-state index contributed by atoms with van der Waals surface area (Å²) in [5, 5.41) is 1.10. The van der Waals surface area contributed by atoms with E-state index in [1.54, 1.807) is 19.0 Å². The van der Waals surface area contributed by atoms with Gasteiger partial charge in [-0.1, -0.05) is 46.4 Å². The van der Waals surface area contributed by atoms with Crippen LogP contribution in [0.5, 0.6) is 0 Å². The smallest absolute Gasteiger partial charge is 0.199 e.